The first-order valence-corrected chi connectivity index (χ1v) is 7.20. The Balaban J connectivity index is 0.00000312. The second-order valence-corrected chi connectivity index (χ2v) is 5.20. The van der Waals surface area contributed by atoms with Crippen molar-refractivity contribution in [3.63, 3.8) is 0 Å². The molecule has 2 rings (SSSR count). The van der Waals surface area contributed by atoms with Gasteiger partial charge in [0.1, 0.15) is 5.75 Å². The molecule has 140 valence electrons. The maximum Gasteiger partial charge on any atom is 0.573 e. The molecule has 1 aliphatic rings. The number of aliphatic hydroxyl groups excluding tert-OH is 1. The van der Waals surface area contributed by atoms with Crippen LogP contribution in [0.1, 0.15) is 12.8 Å². The molecule has 0 spiro atoms. The number of rotatable bonds is 2. The number of piperidine rings is 1. The molecule has 11 heteroatoms. The molecule has 1 saturated heterocycles. The van der Waals surface area contributed by atoms with Crippen molar-refractivity contribution < 1.29 is 23.0 Å². The third kappa shape index (κ3) is 7.06. The van der Waals surface area contributed by atoms with E-state index in [-0.39, 0.29) is 36.2 Å². The van der Waals surface area contributed by atoms with Crippen molar-refractivity contribution in [1.29, 1.82) is 0 Å². The Labute approximate surface area is 148 Å². The van der Waals surface area contributed by atoms with Crippen LogP contribution in [0.3, 0.4) is 0 Å². The van der Waals surface area contributed by atoms with E-state index in [1.165, 1.54) is 12.1 Å². The Bertz CT molecular complexity index is 614. The minimum absolute atomic E-state index is 0. The van der Waals surface area contributed by atoms with Crippen LogP contribution in [0.2, 0.25) is 0 Å². The number of hydrogen-bond donors (Lipinski definition) is 3. The van der Waals surface area contributed by atoms with Crippen LogP contribution in [0.25, 0.3) is 0 Å². The van der Waals surface area contributed by atoms with E-state index < -0.39 is 6.36 Å². The van der Waals surface area contributed by atoms with Crippen LogP contribution in [0, 0.1) is 0 Å². The highest BCUT2D eigenvalue weighted by Gasteiger charge is 2.30. The van der Waals surface area contributed by atoms with E-state index >= 15 is 0 Å². The summed E-state index contributed by atoms with van der Waals surface area (Å²) < 4.78 is 40.0. The highest BCUT2D eigenvalue weighted by molar-refractivity contribution is 5.94. The summed E-state index contributed by atoms with van der Waals surface area (Å²) in [5.41, 5.74) is 11.8. The lowest BCUT2D eigenvalue weighted by Gasteiger charge is -2.30. The molecule has 5 N–H and O–H groups in total. The van der Waals surface area contributed by atoms with Crippen molar-refractivity contribution >= 4 is 30.0 Å². The highest BCUT2D eigenvalue weighted by Crippen LogP contribution is 2.24. The fraction of sp³-hybridized carbons (Fsp3) is 0.429. The summed E-state index contributed by atoms with van der Waals surface area (Å²) in [5.74, 6) is -0.293. The van der Waals surface area contributed by atoms with E-state index in [4.69, 9.17) is 11.5 Å². The maximum atomic E-state index is 12.1. The lowest BCUT2D eigenvalue weighted by Crippen LogP contribution is -2.44. The summed E-state index contributed by atoms with van der Waals surface area (Å²) in [7, 11) is 0. The van der Waals surface area contributed by atoms with Crippen molar-refractivity contribution in [1.82, 2.24) is 4.90 Å². The fourth-order valence-corrected chi connectivity index (χ4v) is 2.16. The summed E-state index contributed by atoms with van der Waals surface area (Å²) in [4.78, 5) is 9.69. The number of aliphatic imine (C=N–C) groups is 2. The van der Waals surface area contributed by atoms with Crippen LogP contribution >= 0.6 is 12.4 Å². The molecular formula is C14H19ClF3N5O2. The number of ether oxygens (including phenoxy) is 1. The Hall–Kier alpha value is -2.20. The number of benzene rings is 1. The van der Waals surface area contributed by atoms with Gasteiger partial charge in [-0.25, -0.2) is 4.99 Å². The first-order chi connectivity index (χ1) is 11.2. The number of aliphatic hydroxyl groups is 1. The summed E-state index contributed by atoms with van der Waals surface area (Å²) in [6.07, 6.45) is -3.90. The molecule has 25 heavy (non-hydrogen) atoms. The zero-order valence-electron chi connectivity index (χ0n) is 13.1. The van der Waals surface area contributed by atoms with Gasteiger partial charge in [-0.1, -0.05) is 0 Å². The lowest BCUT2D eigenvalue weighted by molar-refractivity contribution is -0.274. The highest BCUT2D eigenvalue weighted by atomic mass is 35.5. The predicted octanol–water partition coefficient (Wildman–Crippen LogP) is 1.72. The van der Waals surface area contributed by atoms with Gasteiger partial charge in [0.2, 0.25) is 5.96 Å². The lowest BCUT2D eigenvalue weighted by atomic mass is 10.1. The van der Waals surface area contributed by atoms with E-state index in [1.54, 1.807) is 4.90 Å². The summed E-state index contributed by atoms with van der Waals surface area (Å²) in [6, 6.07) is 4.88. The second kappa shape index (κ2) is 8.77. The number of likely N-dealkylation sites (tertiary alicyclic amines) is 1. The molecule has 0 unspecified atom stereocenters. The Morgan fingerprint density at radius 1 is 1.16 bits per heavy atom. The molecule has 1 heterocycles. The third-order valence-electron chi connectivity index (χ3n) is 3.33. The van der Waals surface area contributed by atoms with Crippen molar-refractivity contribution in [2.45, 2.75) is 25.3 Å². The van der Waals surface area contributed by atoms with Crippen molar-refractivity contribution in [3.8, 4) is 5.75 Å². The van der Waals surface area contributed by atoms with Crippen LogP contribution in [0.5, 0.6) is 5.75 Å². The van der Waals surface area contributed by atoms with E-state index in [0.717, 1.165) is 12.1 Å². The number of nitrogens with zero attached hydrogens (tertiary/aromatic N) is 3. The van der Waals surface area contributed by atoms with Crippen LogP contribution in [-0.4, -0.2) is 47.5 Å². The normalized spacial score (nSPS) is 17.2. The number of halogens is 4. The van der Waals surface area contributed by atoms with Gasteiger partial charge < -0.3 is 26.2 Å². The van der Waals surface area contributed by atoms with E-state index in [9.17, 15) is 18.3 Å². The van der Waals surface area contributed by atoms with Gasteiger partial charge in [0.25, 0.3) is 0 Å². The molecule has 0 bridgehead atoms. The van der Waals surface area contributed by atoms with Crippen molar-refractivity contribution in [3.05, 3.63) is 24.3 Å². The zero-order chi connectivity index (χ0) is 17.7. The smallest absolute Gasteiger partial charge is 0.406 e. The molecular weight excluding hydrogens is 363 g/mol. The first kappa shape index (κ1) is 20.8. The van der Waals surface area contributed by atoms with Gasteiger partial charge in [0, 0.05) is 13.1 Å². The molecule has 0 atom stereocenters. The van der Waals surface area contributed by atoms with E-state index in [0.29, 0.717) is 31.6 Å². The molecule has 7 nitrogen and oxygen atoms in total. The molecule has 1 aliphatic heterocycles. The molecule has 0 aromatic heterocycles. The number of hydrogen-bond acceptors (Lipinski definition) is 3. The van der Waals surface area contributed by atoms with Gasteiger partial charge in [-0.2, -0.15) is 4.99 Å². The molecule has 1 fully saturated rings. The number of guanidine groups is 2. The number of alkyl halides is 3. The van der Waals surface area contributed by atoms with Crippen LogP contribution < -0.4 is 16.2 Å². The quantitative estimate of drug-likeness (QED) is 0.534. The molecule has 1 aromatic carbocycles. The SMILES string of the molecule is Cl.NC(=Nc1ccc(OC(F)(F)F)cc1)N=C(N)N1CCC(O)CC1. The van der Waals surface area contributed by atoms with Crippen LogP contribution in [-0.2, 0) is 0 Å². The van der Waals surface area contributed by atoms with Gasteiger partial charge in [-0.3, -0.25) is 0 Å². The van der Waals surface area contributed by atoms with Gasteiger partial charge in [-0.05, 0) is 37.1 Å². The Morgan fingerprint density at radius 3 is 2.24 bits per heavy atom. The monoisotopic (exact) mass is 381 g/mol. The van der Waals surface area contributed by atoms with Gasteiger partial charge >= 0.3 is 6.36 Å². The minimum Gasteiger partial charge on any atom is -0.406 e. The average Bonchev–Trinajstić information content (AvgIpc) is 2.48. The standard InChI is InChI=1S/C14H18F3N5O2.ClH/c15-14(16,17)24-11-3-1-9(2-4-11)20-12(18)21-13(19)22-7-5-10(23)6-8-22;/h1-4,10,23H,5-8H2,(H4,18,19,20,21);1H. The van der Waals surface area contributed by atoms with Crippen LogP contribution in [0.4, 0.5) is 18.9 Å². The van der Waals surface area contributed by atoms with Gasteiger partial charge in [0.15, 0.2) is 5.96 Å². The van der Waals surface area contributed by atoms with Crippen LogP contribution in [0.15, 0.2) is 34.3 Å². The summed E-state index contributed by atoms with van der Waals surface area (Å²) in [5, 5.41) is 9.44. The largest absolute Gasteiger partial charge is 0.573 e. The molecule has 0 amide bonds. The van der Waals surface area contributed by atoms with Crippen molar-refractivity contribution in [2.75, 3.05) is 13.1 Å². The predicted molar refractivity (Wildman–Crippen MR) is 90.1 cm³/mol. The first-order valence-electron chi connectivity index (χ1n) is 7.20. The molecule has 1 aromatic rings. The van der Waals surface area contributed by atoms with Gasteiger partial charge in [-0.15, -0.1) is 25.6 Å². The van der Waals surface area contributed by atoms with E-state index in [1.807, 2.05) is 0 Å². The van der Waals surface area contributed by atoms with E-state index in [2.05, 4.69) is 14.7 Å². The number of nitrogens with two attached hydrogens (primary N) is 2. The summed E-state index contributed by atoms with van der Waals surface area (Å²) in [6.45, 7) is 1.13. The summed E-state index contributed by atoms with van der Waals surface area (Å²) >= 11 is 0. The second-order valence-electron chi connectivity index (χ2n) is 5.20. The third-order valence-corrected chi connectivity index (χ3v) is 3.33. The minimum atomic E-state index is -4.75. The van der Waals surface area contributed by atoms with Gasteiger partial charge in [0.05, 0.1) is 11.8 Å². The maximum absolute atomic E-state index is 12.1. The average molecular weight is 382 g/mol. The Morgan fingerprint density at radius 2 is 1.72 bits per heavy atom. The molecule has 0 aliphatic carbocycles. The Kier molecular flexibility index (Phi) is 7.31. The topological polar surface area (TPSA) is 109 Å². The molecule has 0 radical (unpaired) electrons. The fourth-order valence-electron chi connectivity index (χ4n) is 2.16. The van der Waals surface area contributed by atoms with Crippen molar-refractivity contribution in [2.24, 2.45) is 21.5 Å². The zero-order valence-corrected chi connectivity index (χ0v) is 13.9. The molecule has 0 saturated carbocycles.